The van der Waals surface area contributed by atoms with Crippen LogP contribution in [0.1, 0.15) is 36.6 Å². The van der Waals surface area contributed by atoms with Gasteiger partial charge in [0, 0.05) is 11.3 Å². The van der Waals surface area contributed by atoms with E-state index in [4.69, 9.17) is 42.8 Å². The minimum absolute atomic E-state index is 0.219. The van der Waals surface area contributed by atoms with Crippen LogP contribution in [0.2, 0.25) is 5.02 Å². The second-order valence-electron chi connectivity index (χ2n) is 9.22. The minimum atomic E-state index is -0.635. The van der Waals surface area contributed by atoms with E-state index < -0.39 is 17.9 Å². The number of hydrogen-bond acceptors (Lipinski definition) is 8. The Morgan fingerprint density at radius 2 is 1.81 bits per heavy atom. The van der Waals surface area contributed by atoms with Crippen molar-refractivity contribution in [2.45, 2.75) is 26.5 Å². The lowest BCUT2D eigenvalue weighted by atomic mass is 9.95. The zero-order valence-electron chi connectivity index (χ0n) is 23.8. The number of hydrazone groups is 1. The Morgan fingerprint density at radius 3 is 2.56 bits per heavy atom. The fourth-order valence-electron chi connectivity index (χ4n) is 4.30. The number of amides is 1. The molecular weight excluding hydrogens is 592 g/mol. The van der Waals surface area contributed by atoms with E-state index in [1.807, 2.05) is 30.3 Å². The first-order valence-corrected chi connectivity index (χ1v) is 14.1. The average molecular weight is 623 g/mol. The van der Waals surface area contributed by atoms with Crippen molar-refractivity contribution >= 4 is 47.0 Å². The molecule has 43 heavy (non-hydrogen) atoms. The van der Waals surface area contributed by atoms with Gasteiger partial charge in [0.05, 0.1) is 36.6 Å². The van der Waals surface area contributed by atoms with Gasteiger partial charge in [0.25, 0.3) is 5.91 Å². The summed E-state index contributed by atoms with van der Waals surface area (Å²) in [6.07, 6.45) is 1.43. The van der Waals surface area contributed by atoms with E-state index in [-0.39, 0.29) is 13.2 Å². The Morgan fingerprint density at radius 1 is 1.07 bits per heavy atom. The molecule has 0 aromatic heterocycles. The Balaban J connectivity index is 1.40. The third-order valence-electron chi connectivity index (χ3n) is 6.23. The second-order valence-corrected chi connectivity index (χ2v) is 10.0. The summed E-state index contributed by atoms with van der Waals surface area (Å²) in [5.41, 5.74) is 5.56. The number of para-hydroxylation sites is 1. The van der Waals surface area contributed by atoms with Gasteiger partial charge in [0.2, 0.25) is 0 Å². The number of rotatable bonds is 12. The van der Waals surface area contributed by atoms with E-state index in [9.17, 15) is 9.59 Å². The van der Waals surface area contributed by atoms with E-state index in [0.29, 0.717) is 56.4 Å². The molecule has 4 rings (SSSR count). The van der Waals surface area contributed by atoms with Crippen LogP contribution in [0.25, 0.3) is 0 Å². The number of carbonyl (C=O) groups excluding carboxylic acids is 2. The predicted molar refractivity (Wildman–Crippen MR) is 167 cm³/mol. The number of nitrogens with one attached hydrogen (secondary N) is 3. The summed E-state index contributed by atoms with van der Waals surface area (Å²) in [6, 6.07) is 19.4. The maximum absolute atomic E-state index is 12.7. The molecule has 0 saturated carbocycles. The summed E-state index contributed by atoms with van der Waals surface area (Å²) >= 11 is 11.8. The molecule has 0 unspecified atom stereocenters. The van der Waals surface area contributed by atoms with Crippen molar-refractivity contribution in [1.29, 1.82) is 0 Å². The van der Waals surface area contributed by atoms with Crippen LogP contribution in [0.3, 0.4) is 0 Å². The van der Waals surface area contributed by atoms with Crippen molar-refractivity contribution < 1.29 is 28.5 Å². The summed E-state index contributed by atoms with van der Waals surface area (Å²) in [6.45, 7) is 3.69. The third kappa shape index (κ3) is 8.24. The molecule has 12 heteroatoms. The topological polar surface area (TPSA) is 120 Å². The van der Waals surface area contributed by atoms with E-state index in [0.717, 1.165) is 5.56 Å². The molecule has 0 aliphatic carbocycles. The van der Waals surface area contributed by atoms with Crippen molar-refractivity contribution in [3.8, 4) is 17.2 Å². The summed E-state index contributed by atoms with van der Waals surface area (Å²) < 4.78 is 22.4. The molecule has 1 aliphatic rings. The molecule has 1 atom stereocenters. The first-order chi connectivity index (χ1) is 20.8. The molecule has 1 heterocycles. The van der Waals surface area contributed by atoms with Gasteiger partial charge in [-0.05, 0) is 55.4 Å². The lowest BCUT2D eigenvalue weighted by molar-refractivity contribution is -0.139. The summed E-state index contributed by atoms with van der Waals surface area (Å²) in [7, 11) is 1.51. The molecule has 3 aromatic rings. The van der Waals surface area contributed by atoms with Crippen LogP contribution in [0.4, 0.5) is 0 Å². The van der Waals surface area contributed by atoms with Gasteiger partial charge in [-0.3, -0.25) is 4.79 Å². The van der Waals surface area contributed by atoms with Gasteiger partial charge < -0.3 is 29.6 Å². The van der Waals surface area contributed by atoms with Crippen LogP contribution in [0.15, 0.2) is 83.1 Å². The van der Waals surface area contributed by atoms with E-state index in [1.165, 1.54) is 13.3 Å². The smallest absolute Gasteiger partial charge is 0.338 e. The highest BCUT2D eigenvalue weighted by Gasteiger charge is 2.32. The highest BCUT2D eigenvalue weighted by atomic mass is 35.5. The standard InChI is InChI=1S/C31H31ClN4O6S/c1-4-40-30(38)27-19(2)34-31(43)35-28(27)22-12-8-9-13-24(22)41-18-26(37)36-33-16-21-14-23(32)29(25(15-21)39-3)42-17-20-10-6-5-7-11-20/h5-16,28H,4,17-18H2,1-3H3,(H,36,37)(H2,34,35,43)/t28-/m1/s1. The van der Waals surface area contributed by atoms with Gasteiger partial charge in [0.15, 0.2) is 23.2 Å². The summed E-state index contributed by atoms with van der Waals surface area (Å²) in [4.78, 5) is 25.3. The van der Waals surface area contributed by atoms with E-state index in [1.54, 1.807) is 50.2 Å². The van der Waals surface area contributed by atoms with Crippen LogP contribution in [-0.2, 0) is 20.9 Å². The van der Waals surface area contributed by atoms with E-state index in [2.05, 4.69) is 21.2 Å². The number of benzene rings is 3. The highest BCUT2D eigenvalue weighted by molar-refractivity contribution is 7.80. The lowest BCUT2D eigenvalue weighted by Gasteiger charge is -2.30. The van der Waals surface area contributed by atoms with Crippen molar-refractivity contribution in [3.05, 3.63) is 99.7 Å². The fourth-order valence-corrected chi connectivity index (χ4v) is 4.84. The zero-order valence-corrected chi connectivity index (χ0v) is 25.4. The third-order valence-corrected chi connectivity index (χ3v) is 6.73. The number of methoxy groups -OCH3 is 1. The number of ether oxygens (including phenoxy) is 4. The van der Waals surface area contributed by atoms with Gasteiger partial charge in [-0.1, -0.05) is 60.1 Å². The minimum Gasteiger partial charge on any atom is -0.493 e. The van der Waals surface area contributed by atoms with Crippen molar-refractivity contribution in [1.82, 2.24) is 16.1 Å². The highest BCUT2D eigenvalue weighted by Crippen LogP contribution is 2.37. The largest absolute Gasteiger partial charge is 0.493 e. The van der Waals surface area contributed by atoms with Crippen molar-refractivity contribution in [3.63, 3.8) is 0 Å². The normalized spacial score (nSPS) is 14.5. The van der Waals surface area contributed by atoms with Gasteiger partial charge >= 0.3 is 5.97 Å². The molecule has 0 bridgehead atoms. The van der Waals surface area contributed by atoms with E-state index >= 15 is 0 Å². The van der Waals surface area contributed by atoms with Crippen LogP contribution in [0.5, 0.6) is 17.2 Å². The molecule has 1 amide bonds. The van der Waals surface area contributed by atoms with Crippen molar-refractivity contribution in [2.75, 3.05) is 20.3 Å². The SMILES string of the molecule is CCOC(=O)C1=C(C)NC(=S)N[C@@H]1c1ccccc1OCC(=O)NN=Cc1cc(Cl)c(OCc2ccccc2)c(OC)c1. The van der Waals surface area contributed by atoms with Crippen LogP contribution in [0, 0.1) is 0 Å². The molecule has 224 valence electrons. The molecule has 0 fully saturated rings. The van der Waals surface area contributed by atoms with Gasteiger partial charge in [0.1, 0.15) is 12.4 Å². The number of allylic oxidation sites excluding steroid dienone is 1. The maximum atomic E-state index is 12.7. The first-order valence-electron chi connectivity index (χ1n) is 13.3. The van der Waals surface area contributed by atoms with Crippen LogP contribution in [-0.4, -0.2) is 43.5 Å². The Kier molecular flexibility index (Phi) is 11.0. The zero-order chi connectivity index (χ0) is 30.8. The maximum Gasteiger partial charge on any atom is 0.338 e. The fraction of sp³-hybridized carbons (Fsp3) is 0.226. The molecule has 3 N–H and O–H groups in total. The molecule has 10 nitrogen and oxygen atoms in total. The second kappa shape index (κ2) is 15.0. The molecule has 1 aliphatic heterocycles. The number of halogens is 1. The van der Waals surface area contributed by atoms with Gasteiger partial charge in [-0.25, -0.2) is 10.2 Å². The van der Waals surface area contributed by atoms with Crippen molar-refractivity contribution in [2.24, 2.45) is 5.10 Å². The summed E-state index contributed by atoms with van der Waals surface area (Å²) in [5.74, 6) is 0.232. The average Bonchev–Trinajstić information content (AvgIpc) is 2.99. The van der Waals surface area contributed by atoms with Gasteiger partial charge in [-0.15, -0.1) is 0 Å². The number of thiocarbonyl (C=S) groups is 1. The number of nitrogens with zero attached hydrogens (tertiary/aromatic N) is 1. The quantitative estimate of drug-likeness (QED) is 0.113. The Bertz CT molecular complexity index is 1550. The number of hydrogen-bond donors (Lipinski definition) is 3. The molecule has 0 radical (unpaired) electrons. The number of esters is 1. The first kappa shape index (κ1) is 31.3. The summed E-state index contributed by atoms with van der Waals surface area (Å²) in [5, 5.41) is 10.8. The molecular formula is C31H31ClN4O6S. The van der Waals surface area contributed by atoms with Crippen LogP contribution < -0.4 is 30.3 Å². The van der Waals surface area contributed by atoms with Gasteiger partial charge in [-0.2, -0.15) is 5.10 Å². The molecule has 3 aromatic carbocycles. The molecule has 0 spiro atoms. The predicted octanol–water partition coefficient (Wildman–Crippen LogP) is 4.81. The Hall–Kier alpha value is -4.61. The monoisotopic (exact) mass is 622 g/mol. The van der Waals surface area contributed by atoms with Crippen LogP contribution >= 0.6 is 23.8 Å². The number of carbonyl (C=O) groups is 2. The molecule has 0 saturated heterocycles. The Labute approximate surface area is 260 Å². The lowest BCUT2D eigenvalue weighted by Crippen LogP contribution is -2.45.